The number of hydrogen-bond acceptors (Lipinski definition) is 2. The second kappa shape index (κ2) is 5.83. The van der Waals surface area contributed by atoms with Crippen molar-refractivity contribution in [1.29, 1.82) is 0 Å². The van der Waals surface area contributed by atoms with Gasteiger partial charge in [-0.25, -0.2) is 4.39 Å². The highest BCUT2D eigenvalue weighted by Gasteiger charge is 2.06. The number of ether oxygens (including phenoxy) is 1. The van der Waals surface area contributed by atoms with Crippen molar-refractivity contribution in [2.45, 2.75) is 12.8 Å². The maximum Gasteiger partial charge on any atom is 0.158 e. The van der Waals surface area contributed by atoms with Crippen molar-refractivity contribution in [2.75, 3.05) is 13.7 Å². The SMILES string of the molecule is COCC(=O)CCc1ccc(Cl)cc1F. The number of rotatable bonds is 5. The molecule has 0 atom stereocenters. The normalized spacial score (nSPS) is 10.3. The summed E-state index contributed by atoms with van der Waals surface area (Å²) in [6.07, 6.45) is 0.664. The Bertz CT molecular complexity index is 352. The third-order valence-electron chi connectivity index (χ3n) is 1.99. The Morgan fingerprint density at radius 3 is 2.87 bits per heavy atom. The van der Waals surface area contributed by atoms with Crippen molar-refractivity contribution in [3.63, 3.8) is 0 Å². The zero-order valence-corrected chi connectivity index (χ0v) is 9.18. The molecule has 0 unspecified atom stereocenters. The fourth-order valence-corrected chi connectivity index (χ4v) is 1.39. The van der Waals surface area contributed by atoms with Gasteiger partial charge < -0.3 is 4.74 Å². The lowest BCUT2D eigenvalue weighted by molar-refractivity contribution is -0.122. The fraction of sp³-hybridized carbons (Fsp3) is 0.364. The molecule has 4 heteroatoms. The number of methoxy groups -OCH3 is 1. The van der Waals surface area contributed by atoms with Gasteiger partial charge in [-0.05, 0) is 24.1 Å². The van der Waals surface area contributed by atoms with Crippen LogP contribution in [-0.4, -0.2) is 19.5 Å². The van der Waals surface area contributed by atoms with Crippen LogP contribution in [0.15, 0.2) is 18.2 Å². The topological polar surface area (TPSA) is 26.3 Å². The Balaban J connectivity index is 2.54. The summed E-state index contributed by atoms with van der Waals surface area (Å²) in [4.78, 5) is 11.1. The first kappa shape index (κ1) is 12.1. The van der Waals surface area contributed by atoms with Crippen LogP contribution in [0.4, 0.5) is 4.39 Å². The lowest BCUT2D eigenvalue weighted by atomic mass is 10.1. The number of halogens is 2. The van der Waals surface area contributed by atoms with Gasteiger partial charge in [0.1, 0.15) is 12.4 Å². The zero-order valence-electron chi connectivity index (χ0n) is 8.43. The van der Waals surface area contributed by atoms with Gasteiger partial charge in [-0.3, -0.25) is 4.79 Å². The van der Waals surface area contributed by atoms with Crippen LogP contribution in [0.3, 0.4) is 0 Å². The summed E-state index contributed by atoms with van der Waals surface area (Å²) < 4.78 is 17.9. The van der Waals surface area contributed by atoms with Crippen LogP contribution in [-0.2, 0) is 16.0 Å². The molecule has 2 nitrogen and oxygen atoms in total. The summed E-state index contributed by atoms with van der Waals surface area (Å²) in [5, 5.41) is 0.361. The average molecular weight is 231 g/mol. The van der Waals surface area contributed by atoms with Crippen molar-refractivity contribution < 1.29 is 13.9 Å². The third-order valence-corrected chi connectivity index (χ3v) is 2.23. The molecule has 0 aliphatic rings. The maximum atomic E-state index is 13.3. The van der Waals surface area contributed by atoms with Gasteiger partial charge >= 0.3 is 0 Å². The molecule has 0 spiro atoms. The van der Waals surface area contributed by atoms with Crippen LogP contribution in [0.2, 0.25) is 5.02 Å². The molecule has 0 radical (unpaired) electrons. The largest absolute Gasteiger partial charge is 0.377 e. The number of carbonyl (C=O) groups is 1. The van der Waals surface area contributed by atoms with Crippen LogP contribution in [0.25, 0.3) is 0 Å². The molecule has 0 saturated heterocycles. The highest BCUT2D eigenvalue weighted by Crippen LogP contribution is 2.15. The van der Waals surface area contributed by atoms with E-state index in [1.54, 1.807) is 12.1 Å². The molecule has 0 aromatic heterocycles. The molecule has 1 rings (SSSR count). The molecule has 0 amide bonds. The average Bonchev–Trinajstić information content (AvgIpc) is 2.17. The van der Waals surface area contributed by atoms with Gasteiger partial charge in [-0.2, -0.15) is 0 Å². The Morgan fingerprint density at radius 1 is 1.53 bits per heavy atom. The summed E-state index contributed by atoms with van der Waals surface area (Å²) in [7, 11) is 1.46. The van der Waals surface area contributed by atoms with Gasteiger partial charge in [0.15, 0.2) is 5.78 Å². The Morgan fingerprint density at radius 2 is 2.27 bits per heavy atom. The number of hydrogen-bond donors (Lipinski definition) is 0. The molecule has 0 aliphatic carbocycles. The first-order valence-corrected chi connectivity index (χ1v) is 4.96. The van der Waals surface area contributed by atoms with E-state index in [-0.39, 0.29) is 24.6 Å². The number of carbonyl (C=O) groups excluding carboxylic acids is 1. The predicted molar refractivity (Wildman–Crippen MR) is 56.6 cm³/mol. The van der Waals surface area contributed by atoms with E-state index in [0.29, 0.717) is 17.0 Å². The minimum Gasteiger partial charge on any atom is -0.377 e. The van der Waals surface area contributed by atoms with Crippen LogP contribution >= 0.6 is 11.6 Å². The summed E-state index contributed by atoms with van der Waals surface area (Å²) in [6, 6.07) is 4.45. The third kappa shape index (κ3) is 3.98. The molecule has 0 bridgehead atoms. The maximum absolute atomic E-state index is 13.3. The zero-order chi connectivity index (χ0) is 11.3. The van der Waals surface area contributed by atoms with Crippen molar-refractivity contribution in [2.24, 2.45) is 0 Å². The van der Waals surface area contributed by atoms with E-state index in [1.165, 1.54) is 13.2 Å². The van der Waals surface area contributed by atoms with E-state index < -0.39 is 0 Å². The van der Waals surface area contributed by atoms with Crippen molar-refractivity contribution >= 4 is 17.4 Å². The van der Waals surface area contributed by atoms with Gasteiger partial charge in [0.05, 0.1) is 0 Å². The standard InChI is InChI=1S/C11H12ClFO2/c1-15-7-10(14)5-3-8-2-4-9(12)6-11(8)13/h2,4,6H,3,5,7H2,1H3. The number of aryl methyl sites for hydroxylation is 1. The molecule has 0 heterocycles. The van der Waals surface area contributed by atoms with E-state index in [1.807, 2.05) is 0 Å². The molecular weight excluding hydrogens is 219 g/mol. The first-order valence-electron chi connectivity index (χ1n) is 4.58. The van der Waals surface area contributed by atoms with E-state index in [2.05, 4.69) is 4.74 Å². The van der Waals surface area contributed by atoms with Crippen molar-refractivity contribution in [3.8, 4) is 0 Å². The summed E-state index contributed by atoms with van der Waals surface area (Å²) in [6.45, 7) is 0.0786. The van der Waals surface area contributed by atoms with E-state index in [0.717, 1.165) is 0 Å². The van der Waals surface area contributed by atoms with Crippen molar-refractivity contribution in [3.05, 3.63) is 34.6 Å². The first-order chi connectivity index (χ1) is 7.13. The van der Waals surface area contributed by atoms with Crippen LogP contribution in [0.1, 0.15) is 12.0 Å². The Hall–Kier alpha value is -0.930. The van der Waals surface area contributed by atoms with Crippen molar-refractivity contribution in [1.82, 2.24) is 0 Å². The number of Topliss-reactive ketones (excluding diaryl/α,β-unsaturated/α-hetero) is 1. The van der Waals surface area contributed by atoms with Gasteiger partial charge in [0, 0.05) is 18.6 Å². The summed E-state index contributed by atoms with van der Waals surface area (Å²) in [5.74, 6) is -0.403. The van der Waals surface area contributed by atoms with Gasteiger partial charge in [-0.15, -0.1) is 0 Å². The molecular formula is C11H12ClFO2. The van der Waals surface area contributed by atoms with E-state index in [9.17, 15) is 9.18 Å². The second-order valence-corrected chi connectivity index (χ2v) is 3.64. The fourth-order valence-electron chi connectivity index (χ4n) is 1.23. The van der Waals surface area contributed by atoms with E-state index >= 15 is 0 Å². The molecule has 15 heavy (non-hydrogen) atoms. The highest BCUT2D eigenvalue weighted by atomic mass is 35.5. The molecule has 0 saturated carbocycles. The van der Waals surface area contributed by atoms with Crippen LogP contribution in [0.5, 0.6) is 0 Å². The Labute approximate surface area is 93.0 Å². The second-order valence-electron chi connectivity index (χ2n) is 3.21. The lowest BCUT2D eigenvalue weighted by Gasteiger charge is -2.02. The molecule has 0 N–H and O–H groups in total. The predicted octanol–water partition coefficient (Wildman–Crippen LogP) is 2.63. The van der Waals surface area contributed by atoms with Crippen LogP contribution in [0, 0.1) is 5.82 Å². The minimum atomic E-state index is -0.368. The number of benzene rings is 1. The van der Waals surface area contributed by atoms with Gasteiger partial charge in [0.25, 0.3) is 0 Å². The van der Waals surface area contributed by atoms with Crippen LogP contribution < -0.4 is 0 Å². The van der Waals surface area contributed by atoms with Gasteiger partial charge in [0.2, 0.25) is 0 Å². The summed E-state index contributed by atoms with van der Waals surface area (Å²) >= 11 is 5.60. The summed E-state index contributed by atoms with van der Waals surface area (Å²) in [5.41, 5.74) is 0.504. The molecule has 0 aliphatic heterocycles. The number of ketones is 1. The smallest absolute Gasteiger partial charge is 0.158 e. The highest BCUT2D eigenvalue weighted by molar-refractivity contribution is 6.30. The minimum absolute atomic E-state index is 0.0353. The molecule has 0 fully saturated rings. The lowest BCUT2D eigenvalue weighted by Crippen LogP contribution is -2.08. The Kier molecular flexibility index (Phi) is 4.72. The quantitative estimate of drug-likeness (QED) is 0.777. The van der Waals surface area contributed by atoms with E-state index in [4.69, 9.17) is 11.6 Å². The van der Waals surface area contributed by atoms with Gasteiger partial charge in [-0.1, -0.05) is 17.7 Å². The molecule has 1 aromatic carbocycles. The monoisotopic (exact) mass is 230 g/mol. The molecule has 1 aromatic rings. The molecule has 82 valence electrons.